The maximum Gasteiger partial charge on any atom is 0.344 e. The number of rotatable bonds is 5. The van der Waals surface area contributed by atoms with E-state index in [-0.39, 0.29) is 11.3 Å². The van der Waals surface area contributed by atoms with Gasteiger partial charge in [0, 0.05) is 16.2 Å². The molecule has 3 N–H and O–H groups in total. The van der Waals surface area contributed by atoms with E-state index in [4.69, 9.17) is 18.6 Å². The highest BCUT2D eigenvalue weighted by atomic mass is 16.5. The molecule has 38 heavy (non-hydrogen) atoms. The van der Waals surface area contributed by atoms with E-state index >= 15 is 0 Å². The molecule has 9 nitrogen and oxygen atoms in total. The van der Waals surface area contributed by atoms with Crippen molar-refractivity contribution in [3.63, 3.8) is 0 Å². The predicted octanol–water partition coefficient (Wildman–Crippen LogP) is 3.58. The molecule has 5 rings (SSSR count). The van der Waals surface area contributed by atoms with Crippen molar-refractivity contribution in [3.8, 4) is 17.2 Å². The molecule has 0 bridgehead atoms. The first-order valence-electron chi connectivity index (χ1n) is 12.2. The van der Waals surface area contributed by atoms with Crippen LogP contribution in [0.25, 0.3) is 38.6 Å². The van der Waals surface area contributed by atoms with Gasteiger partial charge in [0.05, 0.1) is 43.2 Å². The molecule has 5 atom stereocenters. The molecule has 0 amide bonds. The SMILES string of the molecule is C=Cc1cc(OC)c2c(c1)c(=O)oc1c2cc(OC)c2c(O)ccc([C@@H]3O[C@@H](C)[C@H](O)[C@H](N(C)C)[C@H]3O)c21. The van der Waals surface area contributed by atoms with Crippen molar-refractivity contribution in [2.45, 2.75) is 37.4 Å². The first-order chi connectivity index (χ1) is 18.1. The van der Waals surface area contributed by atoms with Crippen LogP contribution in [0.15, 0.2) is 46.1 Å². The predicted molar refractivity (Wildman–Crippen MR) is 145 cm³/mol. The number of hydrogen-bond acceptors (Lipinski definition) is 9. The van der Waals surface area contributed by atoms with Gasteiger partial charge in [-0.3, -0.25) is 0 Å². The maximum absolute atomic E-state index is 13.3. The number of nitrogens with zero attached hydrogens (tertiary/aromatic N) is 1. The Labute approximate surface area is 219 Å². The van der Waals surface area contributed by atoms with Crippen LogP contribution in [0.1, 0.15) is 24.2 Å². The molecule has 9 heteroatoms. The fourth-order valence-corrected chi connectivity index (χ4v) is 5.62. The third-order valence-electron chi connectivity index (χ3n) is 7.45. The highest BCUT2D eigenvalue weighted by molar-refractivity contribution is 6.19. The summed E-state index contributed by atoms with van der Waals surface area (Å²) >= 11 is 0. The van der Waals surface area contributed by atoms with Crippen molar-refractivity contribution in [2.75, 3.05) is 28.3 Å². The monoisotopic (exact) mass is 521 g/mol. The van der Waals surface area contributed by atoms with E-state index in [0.717, 1.165) is 0 Å². The summed E-state index contributed by atoms with van der Waals surface area (Å²) in [5.41, 5.74) is 0.747. The van der Waals surface area contributed by atoms with Gasteiger partial charge in [-0.25, -0.2) is 4.79 Å². The molecular weight excluding hydrogens is 490 g/mol. The molecule has 1 fully saturated rings. The summed E-state index contributed by atoms with van der Waals surface area (Å²) < 4.78 is 23.4. The molecule has 1 aromatic heterocycles. The molecule has 0 aliphatic carbocycles. The van der Waals surface area contributed by atoms with Crippen molar-refractivity contribution >= 4 is 38.6 Å². The molecule has 0 radical (unpaired) electrons. The smallest absolute Gasteiger partial charge is 0.344 e. The number of phenolic OH excluding ortho intramolecular Hbond substituents is 1. The van der Waals surface area contributed by atoms with Gasteiger partial charge < -0.3 is 38.8 Å². The number of hydrogen-bond donors (Lipinski definition) is 3. The number of methoxy groups -OCH3 is 2. The largest absolute Gasteiger partial charge is 0.507 e. The number of aliphatic hydroxyl groups is 2. The molecule has 2 heterocycles. The third kappa shape index (κ3) is 3.82. The van der Waals surface area contributed by atoms with Gasteiger partial charge in [0.15, 0.2) is 0 Å². The number of fused-ring (bicyclic) bond motifs is 5. The highest BCUT2D eigenvalue weighted by Crippen LogP contribution is 2.47. The lowest BCUT2D eigenvalue weighted by atomic mass is 9.86. The minimum atomic E-state index is -1.14. The number of ether oxygens (including phenoxy) is 3. The average molecular weight is 522 g/mol. The molecule has 4 aromatic rings. The summed E-state index contributed by atoms with van der Waals surface area (Å²) in [5.74, 6) is 0.679. The Morgan fingerprint density at radius 1 is 0.974 bits per heavy atom. The Hall–Kier alpha value is -3.63. The lowest BCUT2D eigenvalue weighted by Crippen LogP contribution is -2.58. The van der Waals surface area contributed by atoms with Crippen LogP contribution in [0.2, 0.25) is 0 Å². The summed E-state index contributed by atoms with van der Waals surface area (Å²) in [6.45, 7) is 5.52. The van der Waals surface area contributed by atoms with Crippen LogP contribution in [-0.2, 0) is 4.74 Å². The van der Waals surface area contributed by atoms with Crippen LogP contribution in [0.4, 0.5) is 0 Å². The van der Waals surface area contributed by atoms with E-state index in [1.165, 1.54) is 20.3 Å². The molecule has 0 unspecified atom stereocenters. The van der Waals surface area contributed by atoms with Crippen LogP contribution in [0.3, 0.4) is 0 Å². The zero-order valence-electron chi connectivity index (χ0n) is 21.9. The average Bonchev–Trinajstić information content (AvgIpc) is 2.90. The van der Waals surface area contributed by atoms with E-state index in [0.29, 0.717) is 49.6 Å². The molecule has 3 aromatic carbocycles. The van der Waals surface area contributed by atoms with Gasteiger partial charge in [0.2, 0.25) is 0 Å². The third-order valence-corrected chi connectivity index (χ3v) is 7.45. The lowest BCUT2D eigenvalue weighted by molar-refractivity contribution is -0.197. The van der Waals surface area contributed by atoms with Crippen LogP contribution in [0.5, 0.6) is 17.2 Å². The zero-order chi connectivity index (χ0) is 27.5. The fourth-order valence-electron chi connectivity index (χ4n) is 5.62. The standard InChI is InChI=1S/C29H31NO8/c1-7-14-10-17-21(19(11-14)35-5)16-12-20(36-6)23-18(31)9-8-15(22(23)27(16)38-29(17)34)28-26(33)24(30(3)4)25(32)13(2)37-28/h7-13,24-26,28,31-33H,1H2,2-6H3/t13-,24-,25-,26+,28-/m0/s1. The van der Waals surface area contributed by atoms with Crippen LogP contribution in [-0.4, -0.2) is 72.9 Å². The van der Waals surface area contributed by atoms with Gasteiger partial charge >= 0.3 is 5.63 Å². The Bertz CT molecular complexity index is 1630. The summed E-state index contributed by atoms with van der Waals surface area (Å²) in [4.78, 5) is 15.1. The van der Waals surface area contributed by atoms with Gasteiger partial charge in [0.1, 0.15) is 35.0 Å². The second kappa shape index (κ2) is 9.59. The summed E-state index contributed by atoms with van der Waals surface area (Å²) in [6, 6.07) is 7.62. The summed E-state index contributed by atoms with van der Waals surface area (Å²) in [7, 11) is 6.54. The van der Waals surface area contributed by atoms with E-state index in [2.05, 4.69) is 6.58 Å². The Morgan fingerprint density at radius 2 is 1.66 bits per heavy atom. The van der Waals surface area contributed by atoms with Crippen molar-refractivity contribution in [1.82, 2.24) is 4.90 Å². The van der Waals surface area contributed by atoms with Crippen molar-refractivity contribution < 1.29 is 33.9 Å². The lowest BCUT2D eigenvalue weighted by Gasteiger charge is -2.45. The molecule has 0 saturated carbocycles. The number of likely N-dealkylation sites (N-methyl/N-ethyl adjacent to an activating group) is 1. The number of aromatic hydroxyl groups is 1. The van der Waals surface area contributed by atoms with Gasteiger partial charge in [-0.05, 0) is 56.4 Å². The first kappa shape index (κ1) is 26.0. The number of benzene rings is 3. The van der Waals surface area contributed by atoms with E-state index in [1.54, 1.807) is 56.3 Å². The van der Waals surface area contributed by atoms with Crippen molar-refractivity contribution in [2.24, 2.45) is 0 Å². The molecule has 1 aliphatic rings. The van der Waals surface area contributed by atoms with E-state index < -0.39 is 36.1 Å². The molecular formula is C29H31NO8. The van der Waals surface area contributed by atoms with E-state index in [9.17, 15) is 20.1 Å². The Morgan fingerprint density at radius 3 is 2.29 bits per heavy atom. The minimum absolute atomic E-state index is 0.0956. The van der Waals surface area contributed by atoms with Crippen LogP contribution >= 0.6 is 0 Å². The quantitative estimate of drug-likeness (QED) is 0.267. The van der Waals surface area contributed by atoms with Gasteiger partial charge in [-0.1, -0.05) is 18.7 Å². The Kier molecular flexibility index (Phi) is 6.56. The molecule has 0 spiro atoms. The molecule has 200 valence electrons. The second-order valence-corrected chi connectivity index (χ2v) is 9.82. The highest BCUT2D eigenvalue weighted by Gasteiger charge is 2.45. The topological polar surface area (TPSA) is 122 Å². The van der Waals surface area contributed by atoms with Crippen LogP contribution < -0.4 is 15.1 Å². The number of phenols is 1. The summed E-state index contributed by atoms with van der Waals surface area (Å²) in [5, 5.41) is 35.1. The molecule has 1 aliphatic heterocycles. The second-order valence-electron chi connectivity index (χ2n) is 9.82. The Balaban J connectivity index is 1.94. The number of aliphatic hydroxyl groups excluding tert-OH is 2. The first-order valence-corrected chi connectivity index (χ1v) is 12.2. The molecule has 1 saturated heterocycles. The normalized spacial score (nSPS) is 23.8. The minimum Gasteiger partial charge on any atom is -0.507 e. The van der Waals surface area contributed by atoms with Crippen molar-refractivity contribution in [1.29, 1.82) is 0 Å². The fraction of sp³-hybridized carbons (Fsp3) is 0.345. The maximum atomic E-state index is 13.3. The van der Waals surface area contributed by atoms with E-state index in [1.807, 2.05) is 0 Å². The van der Waals surface area contributed by atoms with Gasteiger partial charge in [-0.2, -0.15) is 0 Å². The van der Waals surface area contributed by atoms with Crippen LogP contribution in [0, 0.1) is 0 Å². The summed E-state index contributed by atoms with van der Waals surface area (Å²) in [6.07, 6.45) is -1.98. The zero-order valence-corrected chi connectivity index (χ0v) is 21.9. The van der Waals surface area contributed by atoms with Gasteiger partial charge in [0.25, 0.3) is 0 Å². The van der Waals surface area contributed by atoms with Crippen molar-refractivity contribution in [3.05, 3.63) is 58.5 Å². The van der Waals surface area contributed by atoms with Gasteiger partial charge in [-0.15, -0.1) is 0 Å².